The van der Waals surface area contributed by atoms with E-state index >= 15 is 0 Å². The number of rotatable bonds is 6. The minimum Gasteiger partial charge on any atom is -0.460 e. The lowest BCUT2D eigenvalue weighted by atomic mass is 9.77. The number of amides is 3. The molecule has 0 aliphatic carbocycles. The van der Waals surface area contributed by atoms with Crippen LogP contribution in [0.25, 0.3) is 0 Å². The third-order valence-corrected chi connectivity index (χ3v) is 9.51. The molecule has 4 rings (SSSR count). The van der Waals surface area contributed by atoms with Crippen LogP contribution >= 0.6 is 0 Å². The Morgan fingerprint density at radius 2 is 1.81 bits per heavy atom. The molecular formula is C33H51N3O7. The Bertz CT molecular complexity index is 1160. The number of cyclic esters (lactones) is 1. The van der Waals surface area contributed by atoms with E-state index in [1.54, 1.807) is 19.1 Å². The average molecular weight is 602 g/mol. The molecule has 43 heavy (non-hydrogen) atoms. The quantitative estimate of drug-likeness (QED) is 0.354. The number of carbonyl (C=O) groups excluding carboxylic acids is 4. The molecule has 10 heteroatoms. The van der Waals surface area contributed by atoms with Gasteiger partial charge in [-0.25, -0.2) is 0 Å². The molecular weight excluding hydrogens is 550 g/mol. The maximum atomic E-state index is 14.8. The van der Waals surface area contributed by atoms with Crippen LogP contribution in [-0.2, 0) is 28.7 Å². The summed E-state index contributed by atoms with van der Waals surface area (Å²) in [7, 11) is 0. The van der Waals surface area contributed by atoms with Crippen molar-refractivity contribution in [2.24, 2.45) is 23.2 Å². The molecule has 10 nitrogen and oxygen atoms in total. The van der Waals surface area contributed by atoms with Gasteiger partial charge in [-0.1, -0.05) is 65.3 Å². The van der Waals surface area contributed by atoms with Gasteiger partial charge in [0.25, 0.3) is 0 Å². The van der Waals surface area contributed by atoms with Crippen LogP contribution in [0.3, 0.4) is 0 Å². The third-order valence-electron chi connectivity index (χ3n) is 9.51. The molecule has 0 saturated carbocycles. The summed E-state index contributed by atoms with van der Waals surface area (Å²) in [5, 5.41) is 13.4. The number of hydrogen-bond acceptors (Lipinski definition) is 7. The molecule has 3 amide bonds. The maximum absolute atomic E-state index is 14.8. The lowest BCUT2D eigenvalue weighted by Gasteiger charge is -2.46. The Labute approximate surface area is 256 Å². The van der Waals surface area contributed by atoms with E-state index in [1.807, 2.05) is 44.7 Å². The summed E-state index contributed by atoms with van der Waals surface area (Å²) in [6.07, 6.45) is 7.88. The highest BCUT2D eigenvalue weighted by atomic mass is 16.6. The van der Waals surface area contributed by atoms with Crippen LogP contribution in [-0.4, -0.2) is 93.7 Å². The minimum atomic E-state index is -1.43. The first-order valence-corrected chi connectivity index (χ1v) is 15.8. The number of hydrogen-bond donors (Lipinski definition) is 2. The van der Waals surface area contributed by atoms with Crippen LogP contribution in [0.15, 0.2) is 24.3 Å². The van der Waals surface area contributed by atoms with Gasteiger partial charge in [-0.15, -0.1) is 0 Å². The molecule has 4 aliphatic heterocycles. The summed E-state index contributed by atoms with van der Waals surface area (Å²) in [5.41, 5.74) is -2.05. The van der Waals surface area contributed by atoms with E-state index in [2.05, 4.69) is 26.1 Å². The van der Waals surface area contributed by atoms with Gasteiger partial charge in [-0.3, -0.25) is 19.2 Å². The van der Waals surface area contributed by atoms with Crippen molar-refractivity contribution in [3.05, 3.63) is 24.3 Å². The Morgan fingerprint density at radius 3 is 2.44 bits per heavy atom. The van der Waals surface area contributed by atoms with Crippen LogP contribution in [0.4, 0.5) is 0 Å². The summed E-state index contributed by atoms with van der Waals surface area (Å²) in [4.78, 5) is 58.9. The highest BCUT2D eigenvalue weighted by Gasteiger charge is 2.73. The van der Waals surface area contributed by atoms with E-state index in [0.29, 0.717) is 19.4 Å². The van der Waals surface area contributed by atoms with Crippen molar-refractivity contribution in [3.63, 3.8) is 0 Å². The molecule has 4 heterocycles. The van der Waals surface area contributed by atoms with Gasteiger partial charge >= 0.3 is 5.97 Å². The monoisotopic (exact) mass is 601 g/mol. The van der Waals surface area contributed by atoms with Gasteiger partial charge in [0.15, 0.2) is 0 Å². The number of ether oxygens (including phenoxy) is 2. The second-order valence-electron chi connectivity index (χ2n) is 14.6. The first-order valence-electron chi connectivity index (χ1n) is 15.8. The zero-order valence-electron chi connectivity index (χ0n) is 27.1. The summed E-state index contributed by atoms with van der Waals surface area (Å²) in [5.74, 6) is -3.52. The lowest BCUT2D eigenvalue weighted by Crippen LogP contribution is -2.62. The van der Waals surface area contributed by atoms with Gasteiger partial charge < -0.3 is 29.7 Å². The van der Waals surface area contributed by atoms with E-state index < -0.39 is 53.2 Å². The number of likely N-dealkylation sites (tertiary alicyclic amines) is 1. The zero-order valence-corrected chi connectivity index (χ0v) is 27.1. The summed E-state index contributed by atoms with van der Waals surface area (Å²) >= 11 is 0. The second kappa shape index (κ2) is 12.3. The second-order valence-corrected chi connectivity index (χ2v) is 14.6. The standard InChI is InChI=1S/C33H51N3O7/c1-9-20(2)22(18-37)36-27-29(40)35(32(7,8)19-31(4,5)6)16-12-15-33(27)26(28(36)39)25-23(43-33)13-10-11-14-24(38)34-17-21(3)42-30(25)41/h10,12-13,15,20-23,25-27,37H,9,11,14,16-19H2,1-8H3,(H,34,38)/b13-10-/t20-,21+,22-,23+,25-,26-,27+,33-/m0/s1. The predicted molar refractivity (Wildman–Crippen MR) is 161 cm³/mol. The van der Waals surface area contributed by atoms with Crippen LogP contribution in [0, 0.1) is 23.2 Å². The van der Waals surface area contributed by atoms with Crippen LogP contribution < -0.4 is 5.32 Å². The van der Waals surface area contributed by atoms with E-state index in [4.69, 9.17) is 9.47 Å². The highest BCUT2D eigenvalue weighted by molar-refractivity contribution is 5.99. The number of carbonyl (C=O) groups is 4. The van der Waals surface area contributed by atoms with Gasteiger partial charge in [-0.2, -0.15) is 0 Å². The van der Waals surface area contributed by atoms with Crippen molar-refractivity contribution >= 4 is 23.7 Å². The van der Waals surface area contributed by atoms with Crippen LogP contribution in [0.5, 0.6) is 0 Å². The molecule has 240 valence electrons. The fourth-order valence-corrected chi connectivity index (χ4v) is 7.71. The van der Waals surface area contributed by atoms with E-state index in [0.717, 1.165) is 6.42 Å². The average Bonchev–Trinajstić information content (AvgIpc) is 3.28. The number of nitrogens with zero attached hydrogens (tertiary/aromatic N) is 2. The van der Waals surface area contributed by atoms with Crippen molar-refractivity contribution in [1.29, 1.82) is 0 Å². The number of allylic oxidation sites excluding steroid dienone is 1. The van der Waals surface area contributed by atoms with Gasteiger partial charge in [0, 0.05) is 18.5 Å². The Balaban J connectivity index is 1.86. The lowest BCUT2D eigenvalue weighted by molar-refractivity contribution is -0.161. The fraction of sp³-hybridized carbons (Fsp3) is 0.758. The number of aliphatic hydroxyl groups is 1. The normalized spacial score (nSPS) is 34.2. The smallest absolute Gasteiger partial charge is 0.313 e. The molecule has 0 aromatic rings. The van der Waals surface area contributed by atoms with E-state index in [-0.39, 0.29) is 48.6 Å². The largest absolute Gasteiger partial charge is 0.460 e. The molecule has 0 radical (unpaired) electrons. The summed E-state index contributed by atoms with van der Waals surface area (Å²) in [6.45, 7) is 16.3. The molecule has 8 atom stereocenters. The highest BCUT2D eigenvalue weighted by Crippen LogP contribution is 2.54. The number of nitrogens with one attached hydrogen (secondary N) is 1. The molecule has 2 N–H and O–H groups in total. The number of aliphatic hydroxyl groups excluding tert-OH is 1. The van der Waals surface area contributed by atoms with Crippen LogP contribution in [0.1, 0.15) is 81.1 Å². The Hall–Kier alpha value is -2.72. The molecule has 4 aliphatic rings. The Kier molecular flexibility index (Phi) is 9.53. The zero-order chi connectivity index (χ0) is 31.9. The molecule has 0 unspecified atom stereocenters. The predicted octanol–water partition coefficient (Wildman–Crippen LogP) is 2.99. The maximum Gasteiger partial charge on any atom is 0.313 e. The first-order chi connectivity index (χ1) is 20.1. The molecule has 2 fully saturated rings. The molecule has 0 aromatic carbocycles. The van der Waals surface area contributed by atoms with Gasteiger partial charge in [0.1, 0.15) is 23.7 Å². The fourth-order valence-electron chi connectivity index (χ4n) is 7.71. The number of esters is 1. The third kappa shape index (κ3) is 6.27. The van der Waals surface area contributed by atoms with E-state index in [9.17, 15) is 24.3 Å². The van der Waals surface area contributed by atoms with Crippen molar-refractivity contribution in [3.8, 4) is 0 Å². The van der Waals surface area contributed by atoms with Crippen molar-refractivity contribution < 1.29 is 33.8 Å². The van der Waals surface area contributed by atoms with Crippen LogP contribution in [0.2, 0.25) is 0 Å². The van der Waals surface area contributed by atoms with E-state index in [1.165, 1.54) is 4.90 Å². The van der Waals surface area contributed by atoms with Gasteiger partial charge in [0.05, 0.1) is 31.2 Å². The SMILES string of the molecule is CC[C@H](C)[C@H](CO)N1C(=O)[C@@H]2[C@H]3C(=O)O[C@H](C)CNC(=O)CC/C=C\[C@H]3O[C@@]23C=CCN(C(C)(C)CC(C)(C)C)C(=O)[C@@H]13. The molecule has 0 aromatic heterocycles. The summed E-state index contributed by atoms with van der Waals surface area (Å²) < 4.78 is 12.6. The number of fused-ring (bicyclic) bond motifs is 2. The van der Waals surface area contributed by atoms with Gasteiger partial charge in [-0.05, 0) is 44.9 Å². The first kappa shape index (κ1) is 33.2. The van der Waals surface area contributed by atoms with Crippen molar-refractivity contribution in [2.45, 2.75) is 117 Å². The Morgan fingerprint density at radius 1 is 1.12 bits per heavy atom. The topological polar surface area (TPSA) is 125 Å². The minimum absolute atomic E-state index is 0.0687. The van der Waals surface area contributed by atoms with Crippen molar-refractivity contribution in [2.75, 3.05) is 19.7 Å². The molecule has 0 bridgehead atoms. The molecule has 2 saturated heterocycles. The van der Waals surface area contributed by atoms with Crippen molar-refractivity contribution in [1.82, 2.24) is 15.1 Å². The molecule has 1 spiro atoms. The summed E-state index contributed by atoms with van der Waals surface area (Å²) in [6, 6.07) is -1.71. The van der Waals surface area contributed by atoms with Gasteiger partial charge in [0.2, 0.25) is 17.7 Å².